The molecule has 0 atom stereocenters. The zero-order chi connectivity index (χ0) is 27.2. The van der Waals surface area contributed by atoms with Crippen molar-refractivity contribution in [3.05, 3.63) is 49.6 Å². The van der Waals surface area contributed by atoms with Crippen LogP contribution in [0.1, 0.15) is 51.4 Å². The molecule has 0 aromatic heterocycles. The first-order valence-corrected chi connectivity index (χ1v) is 12.8. The molecule has 10 nitrogen and oxygen atoms in total. The van der Waals surface area contributed by atoms with Crippen LogP contribution in [0.3, 0.4) is 0 Å². The van der Waals surface area contributed by atoms with Crippen molar-refractivity contribution >= 4 is 17.9 Å². The molecule has 0 aliphatic heterocycles. The van der Waals surface area contributed by atoms with E-state index in [1.165, 1.54) is 0 Å². The molecule has 0 bridgehead atoms. The smallest absolute Gasteiger partial charge is 0.332 e. The van der Waals surface area contributed by atoms with Crippen LogP contribution in [0.2, 0.25) is 0 Å². The fourth-order valence-corrected chi connectivity index (χ4v) is 4.33. The third-order valence-corrected chi connectivity index (χ3v) is 6.54. The molecule has 2 aliphatic carbocycles. The highest BCUT2D eigenvalue weighted by Gasteiger charge is 2.28. The Morgan fingerprint density at radius 1 is 0.658 bits per heavy atom. The minimum Gasteiger partial charge on any atom is -0.468 e. The van der Waals surface area contributed by atoms with E-state index in [0.29, 0.717) is 37.2 Å². The Bertz CT molecular complexity index is 912. The molecule has 1 aromatic rings. The Morgan fingerprint density at radius 3 is 1.55 bits per heavy atom. The van der Waals surface area contributed by atoms with Crippen molar-refractivity contribution < 1.29 is 47.5 Å². The molecule has 0 spiro atoms. The number of ether oxygens (including phenoxy) is 7. The molecule has 2 aliphatic rings. The van der Waals surface area contributed by atoms with Gasteiger partial charge >= 0.3 is 17.9 Å². The van der Waals surface area contributed by atoms with Crippen LogP contribution < -0.4 is 9.47 Å². The van der Waals surface area contributed by atoms with Gasteiger partial charge in [0.05, 0.1) is 24.2 Å². The van der Waals surface area contributed by atoms with E-state index in [4.69, 9.17) is 33.2 Å². The lowest BCUT2D eigenvalue weighted by molar-refractivity contribution is -0.159. The van der Waals surface area contributed by atoms with Gasteiger partial charge in [0.15, 0.2) is 20.4 Å². The molecule has 3 rings (SSSR count). The van der Waals surface area contributed by atoms with Gasteiger partial charge in [0.25, 0.3) is 0 Å². The number of rotatable bonds is 14. The van der Waals surface area contributed by atoms with Gasteiger partial charge in [0, 0.05) is 12.2 Å². The lowest BCUT2D eigenvalue weighted by Crippen LogP contribution is -2.29. The van der Waals surface area contributed by atoms with Gasteiger partial charge in [-0.2, -0.15) is 0 Å². The fraction of sp³-hybridized carbons (Fsp3) is 0.536. The zero-order valence-corrected chi connectivity index (χ0v) is 21.5. The van der Waals surface area contributed by atoms with Crippen LogP contribution >= 0.6 is 0 Å². The molecule has 1 aromatic carbocycles. The van der Waals surface area contributed by atoms with Crippen LogP contribution in [0.5, 0.6) is 11.5 Å². The Morgan fingerprint density at radius 2 is 1.08 bits per heavy atom. The molecule has 0 N–H and O–H groups in total. The molecule has 10 heteroatoms. The quantitative estimate of drug-likeness (QED) is 0.149. The van der Waals surface area contributed by atoms with E-state index in [1.807, 2.05) is 0 Å². The molecule has 208 valence electrons. The highest BCUT2D eigenvalue weighted by Crippen LogP contribution is 2.29. The summed E-state index contributed by atoms with van der Waals surface area (Å²) in [5.41, 5.74) is 0. The van der Waals surface area contributed by atoms with Crippen LogP contribution in [-0.2, 0) is 38.1 Å². The maximum absolute atomic E-state index is 12.5. The number of carbonyl (C=O) groups is 3. The van der Waals surface area contributed by atoms with Crippen molar-refractivity contribution in [3.63, 3.8) is 0 Å². The predicted molar refractivity (Wildman–Crippen MR) is 135 cm³/mol. The Balaban J connectivity index is 1.27. The summed E-state index contributed by atoms with van der Waals surface area (Å²) in [6, 6.07) is 6.85. The predicted octanol–water partition coefficient (Wildman–Crippen LogP) is 4.22. The van der Waals surface area contributed by atoms with Crippen molar-refractivity contribution in [2.75, 3.05) is 20.4 Å². The summed E-state index contributed by atoms with van der Waals surface area (Å²) in [6.07, 6.45) is 8.23. The SMILES string of the molecule is C=CC(=O)OCOC1CCC(OCOc2ccc(OC(=O)C3CCC(OCOC(=O)C=C)CC3)cc2)CC1. The summed E-state index contributed by atoms with van der Waals surface area (Å²) in [5, 5.41) is 0. The lowest BCUT2D eigenvalue weighted by Gasteiger charge is -2.28. The molecule has 38 heavy (non-hydrogen) atoms. The summed E-state index contributed by atoms with van der Waals surface area (Å²) >= 11 is 0. The molecule has 0 saturated heterocycles. The average molecular weight is 533 g/mol. The van der Waals surface area contributed by atoms with Gasteiger partial charge in [-0.3, -0.25) is 4.79 Å². The van der Waals surface area contributed by atoms with Crippen LogP contribution in [0.25, 0.3) is 0 Å². The monoisotopic (exact) mass is 532 g/mol. The number of benzene rings is 1. The van der Waals surface area contributed by atoms with E-state index < -0.39 is 11.9 Å². The van der Waals surface area contributed by atoms with Gasteiger partial charge in [-0.25, -0.2) is 9.59 Å². The summed E-state index contributed by atoms with van der Waals surface area (Å²) in [7, 11) is 0. The van der Waals surface area contributed by atoms with Gasteiger partial charge in [-0.1, -0.05) is 13.2 Å². The topological polar surface area (TPSA) is 116 Å². The minimum absolute atomic E-state index is 0.0425. The number of esters is 3. The van der Waals surface area contributed by atoms with Crippen molar-refractivity contribution in [1.29, 1.82) is 0 Å². The highest BCUT2D eigenvalue weighted by molar-refractivity contribution is 5.81. The van der Waals surface area contributed by atoms with Gasteiger partial charge in [-0.15, -0.1) is 0 Å². The van der Waals surface area contributed by atoms with E-state index in [2.05, 4.69) is 13.2 Å². The van der Waals surface area contributed by atoms with Crippen molar-refractivity contribution in [2.24, 2.45) is 5.92 Å². The largest absolute Gasteiger partial charge is 0.468 e. The van der Waals surface area contributed by atoms with Crippen LogP contribution in [-0.4, -0.2) is 56.6 Å². The number of carbonyl (C=O) groups excluding carboxylic acids is 3. The Kier molecular flexibility index (Phi) is 12.3. The second-order valence-corrected chi connectivity index (χ2v) is 9.10. The molecule has 0 heterocycles. The molecular formula is C28H36O10. The third-order valence-electron chi connectivity index (χ3n) is 6.54. The first-order valence-electron chi connectivity index (χ1n) is 12.8. The first kappa shape index (κ1) is 29.3. The molecule has 0 radical (unpaired) electrons. The number of hydrogen-bond acceptors (Lipinski definition) is 10. The molecular weight excluding hydrogens is 496 g/mol. The Hall–Kier alpha value is -3.21. The normalized spacial score (nSPS) is 23.1. The first-order chi connectivity index (χ1) is 18.5. The molecule has 0 unspecified atom stereocenters. The van der Waals surface area contributed by atoms with Gasteiger partial charge in [0.2, 0.25) is 0 Å². The zero-order valence-electron chi connectivity index (χ0n) is 21.5. The van der Waals surface area contributed by atoms with Gasteiger partial charge < -0.3 is 33.2 Å². The minimum atomic E-state index is -0.525. The van der Waals surface area contributed by atoms with E-state index >= 15 is 0 Å². The van der Waals surface area contributed by atoms with E-state index in [-0.39, 0.29) is 50.6 Å². The van der Waals surface area contributed by atoms with E-state index in [9.17, 15) is 14.4 Å². The standard InChI is InChI=1S/C28H36O10/c1-3-26(29)36-18-34-21-7-5-20(6-8-21)28(31)38-25-15-13-24(14-16-25)33-17-32-22-9-11-23(12-10-22)35-19-37-27(30)4-2/h3-4,13-16,20-23H,1-2,5-12,17-19H2. The second kappa shape index (κ2) is 15.9. The van der Waals surface area contributed by atoms with Crippen molar-refractivity contribution in [3.8, 4) is 11.5 Å². The van der Waals surface area contributed by atoms with Crippen LogP contribution in [0.15, 0.2) is 49.6 Å². The molecule has 2 saturated carbocycles. The summed E-state index contributed by atoms with van der Waals surface area (Å²) in [5.74, 6) is -0.422. The summed E-state index contributed by atoms with van der Waals surface area (Å²) < 4.78 is 37.8. The molecule has 2 fully saturated rings. The maximum Gasteiger partial charge on any atom is 0.332 e. The highest BCUT2D eigenvalue weighted by atomic mass is 16.7. The van der Waals surface area contributed by atoms with Gasteiger partial charge in [0.1, 0.15) is 11.5 Å². The van der Waals surface area contributed by atoms with Gasteiger partial charge in [-0.05, 0) is 75.6 Å². The van der Waals surface area contributed by atoms with Crippen LogP contribution in [0, 0.1) is 5.92 Å². The van der Waals surface area contributed by atoms with E-state index in [0.717, 1.165) is 37.8 Å². The molecule has 0 amide bonds. The lowest BCUT2D eigenvalue weighted by atomic mass is 9.87. The van der Waals surface area contributed by atoms with E-state index in [1.54, 1.807) is 24.3 Å². The summed E-state index contributed by atoms with van der Waals surface area (Å²) in [4.78, 5) is 34.6. The second-order valence-electron chi connectivity index (χ2n) is 9.10. The van der Waals surface area contributed by atoms with Crippen LogP contribution in [0.4, 0.5) is 0 Å². The van der Waals surface area contributed by atoms with Crippen molar-refractivity contribution in [2.45, 2.75) is 69.7 Å². The number of hydrogen-bond donors (Lipinski definition) is 0. The maximum atomic E-state index is 12.5. The Labute approximate surface area is 222 Å². The average Bonchev–Trinajstić information content (AvgIpc) is 2.95. The third kappa shape index (κ3) is 10.3. The summed E-state index contributed by atoms with van der Waals surface area (Å²) in [6.45, 7) is 6.60. The fourth-order valence-electron chi connectivity index (χ4n) is 4.33. The van der Waals surface area contributed by atoms with Crippen molar-refractivity contribution in [1.82, 2.24) is 0 Å².